The van der Waals surface area contributed by atoms with Crippen LogP contribution in [0.15, 0.2) is 71.8 Å². The average molecular weight is 545 g/mol. The first-order chi connectivity index (χ1) is 18.9. The number of hydrogen-bond donors (Lipinski definition) is 0. The maximum absolute atomic E-state index is 13.8. The molecule has 1 amide bonds. The summed E-state index contributed by atoms with van der Waals surface area (Å²) in [5.41, 5.74) is 4.50. The highest BCUT2D eigenvalue weighted by Crippen LogP contribution is 2.46. The van der Waals surface area contributed by atoms with Crippen molar-refractivity contribution in [3.05, 3.63) is 100 Å². The number of nitrogens with zero attached hydrogens (tertiary/aromatic N) is 2. The number of aryl methyl sites for hydroxylation is 2. The van der Waals surface area contributed by atoms with Crippen LogP contribution in [0.2, 0.25) is 0 Å². The van der Waals surface area contributed by atoms with E-state index in [0.717, 1.165) is 72.9 Å². The Morgan fingerprint density at radius 3 is 2.46 bits per heavy atom. The minimum atomic E-state index is -0.379. The lowest BCUT2D eigenvalue weighted by molar-refractivity contribution is -0.137. The molecule has 1 heterocycles. The molecule has 202 valence electrons. The van der Waals surface area contributed by atoms with Crippen LogP contribution in [0.25, 0.3) is 0 Å². The van der Waals surface area contributed by atoms with Gasteiger partial charge in [-0.25, -0.2) is 9.40 Å². The summed E-state index contributed by atoms with van der Waals surface area (Å²) < 4.78 is 19.6. The first kappa shape index (κ1) is 27.1. The molecule has 0 N–H and O–H groups in total. The number of rotatable bonds is 8. The van der Waals surface area contributed by atoms with Crippen LogP contribution in [0, 0.1) is 11.7 Å². The van der Waals surface area contributed by atoms with E-state index in [4.69, 9.17) is 9.84 Å². The summed E-state index contributed by atoms with van der Waals surface area (Å²) in [6.07, 6.45) is 6.51. The van der Waals surface area contributed by atoms with E-state index >= 15 is 0 Å². The zero-order valence-corrected chi connectivity index (χ0v) is 23.2. The molecule has 0 saturated heterocycles. The Balaban J connectivity index is 1.45. The van der Waals surface area contributed by atoms with E-state index in [-0.39, 0.29) is 28.8 Å². The minimum absolute atomic E-state index is 0.0396. The molecule has 1 aliphatic heterocycles. The van der Waals surface area contributed by atoms with E-state index in [1.165, 1.54) is 23.9 Å². The average Bonchev–Trinajstić information content (AvgIpc) is 3.41. The van der Waals surface area contributed by atoms with Gasteiger partial charge in [-0.1, -0.05) is 67.4 Å². The number of halogens is 1. The Morgan fingerprint density at radius 1 is 1.00 bits per heavy atom. The second-order valence-corrected chi connectivity index (χ2v) is 11.3. The highest BCUT2D eigenvalue weighted by molar-refractivity contribution is 8.14. The third kappa shape index (κ3) is 6.09. The molecule has 1 saturated carbocycles. The molecule has 0 spiro atoms. The van der Waals surface area contributed by atoms with Crippen molar-refractivity contribution < 1.29 is 18.7 Å². The van der Waals surface area contributed by atoms with Gasteiger partial charge in [-0.2, -0.15) is 5.10 Å². The van der Waals surface area contributed by atoms with Gasteiger partial charge in [0.1, 0.15) is 22.0 Å². The van der Waals surface area contributed by atoms with Crippen LogP contribution in [0.5, 0.6) is 5.75 Å². The maximum atomic E-state index is 13.8. The van der Waals surface area contributed by atoms with Crippen molar-refractivity contribution in [2.24, 2.45) is 11.0 Å². The molecule has 0 aromatic heterocycles. The van der Waals surface area contributed by atoms with Crippen LogP contribution < -0.4 is 4.74 Å². The van der Waals surface area contributed by atoms with Gasteiger partial charge in [0.2, 0.25) is 5.91 Å². The second kappa shape index (κ2) is 12.2. The number of hydrazone groups is 1. The van der Waals surface area contributed by atoms with Crippen molar-refractivity contribution in [1.82, 2.24) is 5.01 Å². The lowest BCUT2D eigenvalue weighted by atomic mass is 9.88. The van der Waals surface area contributed by atoms with Gasteiger partial charge in [0.15, 0.2) is 5.78 Å². The van der Waals surface area contributed by atoms with E-state index in [2.05, 4.69) is 0 Å². The number of carbonyl (C=O) groups excluding carboxylic acids is 2. The molecule has 3 aromatic carbocycles. The van der Waals surface area contributed by atoms with Crippen LogP contribution in [0.4, 0.5) is 4.39 Å². The number of para-hydroxylation sites is 1. The molecule has 5 nitrogen and oxygen atoms in total. The highest BCUT2D eigenvalue weighted by atomic mass is 32.2. The molecule has 0 radical (unpaired) electrons. The van der Waals surface area contributed by atoms with Gasteiger partial charge in [0, 0.05) is 22.6 Å². The summed E-state index contributed by atoms with van der Waals surface area (Å²) in [7, 11) is 1.66. The monoisotopic (exact) mass is 544 g/mol. The fraction of sp³-hybridized carbons (Fsp3) is 0.344. The molecule has 1 aliphatic carbocycles. The van der Waals surface area contributed by atoms with Crippen LogP contribution in [-0.2, 0) is 17.6 Å². The summed E-state index contributed by atoms with van der Waals surface area (Å²) in [6, 6.07) is 20.0. The smallest absolute Gasteiger partial charge is 0.247 e. The van der Waals surface area contributed by atoms with E-state index in [1.807, 2.05) is 42.5 Å². The molecule has 3 aromatic rings. The van der Waals surface area contributed by atoms with Gasteiger partial charge in [-0.3, -0.25) is 9.59 Å². The zero-order valence-electron chi connectivity index (χ0n) is 22.4. The molecular weight excluding hydrogens is 511 g/mol. The summed E-state index contributed by atoms with van der Waals surface area (Å²) in [6.45, 7) is 1.58. The van der Waals surface area contributed by atoms with Gasteiger partial charge in [-0.05, 0) is 74.1 Å². The Bertz CT molecular complexity index is 1380. The van der Waals surface area contributed by atoms with Crippen LogP contribution >= 0.6 is 11.8 Å². The summed E-state index contributed by atoms with van der Waals surface area (Å²) >= 11 is 1.50. The number of ketones is 1. The fourth-order valence-electron chi connectivity index (χ4n) is 5.41. The summed E-state index contributed by atoms with van der Waals surface area (Å²) in [5, 5.41) is 6.75. The molecule has 2 aliphatic rings. The maximum Gasteiger partial charge on any atom is 0.247 e. The minimum Gasteiger partial charge on any atom is -0.496 e. The number of Topliss-reactive ketones (excluding diaryl/α,β-unsaturated/α-hetero) is 1. The van der Waals surface area contributed by atoms with E-state index < -0.39 is 0 Å². The van der Waals surface area contributed by atoms with Crippen molar-refractivity contribution in [3.63, 3.8) is 0 Å². The van der Waals surface area contributed by atoms with Crippen molar-refractivity contribution >= 4 is 28.5 Å². The second-order valence-electron chi connectivity index (χ2n) is 10.2. The van der Waals surface area contributed by atoms with E-state index in [9.17, 15) is 14.0 Å². The number of ether oxygens (including phenoxy) is 1. The molecule has 39 heavy (non-hydrogen) atoms. The third-order valence-electron chi connectivity index (χ3n) is 7.53. The Hall–Kier alpha value is -3.45. The van der Waals surface area contributed by atoms with Gasteiger partial charge >= 0.3 is 0 Å². The third-order valence-corrected chi connectivity index (χ3v) is 8.75. The lowest BCUT2D eigenvalue weighted by Crippen LogP contribution is -2.33. The number of methoxy groups -OCH3 is 1. The Kier molecular flexibility index (Phi) is 8.46. The Morgan fingerprint density at radius 2 is 1.74 bits per heavy atom. The first-order valence-corrected chi connectivity index (χ1v) is 14.4. The van der Waals surface area contributed by atoms with E-state index in [1.54, 1.807) is 31.2 Å². The number of thioether (sulfide) groups is 1. The fourth-order valence-corrected chi connectivity index (χ4v) is 6.60. The topological polar surface area (TPSA) is 59.0 Å². The largest absolute Gasteiger partial charge is 0.496 e. The quantitative estimate of drug-likeness (QED) is 0.279. The van der Waals surface area contributed by atoms with Crippen LogP contribution in [-0.4, -0.2) is 28.9 Å². The number of amides is 1. The predicted molar refractivity (Wildman–Crippen MR) is 154 cm³/mol. The molecular formula is C32H33FN2O3S. The number of carbonyl (C=O) groups is 2. The van der Waals surface area contributed by atoms with Gasteiger partial charge < -0.3 is 4.74 Å². The van der Waals surface area contributed by atoms with Crippen LogP contribution in [0.3, 0.4) is 0 Å². The van der Waals surface area contributed by atoms with Crippen molar-refractivity contribution in [3.8, 4) is 5.75 Å². The predicted octanol–water partition coefficient (Wildman–Crippen LogP) is 7.34. The lowest BCUT2D eigenvalue weighted by Gasteiger charge is -2.28. The Labute approximate surface area is 233 Å². The standard InChI is InChI=1S/C32H33FN2O3S/c1-21(36)26-12-6-8-22(20-26)14-15-23-11-7-13-28(29(23)38-2)32-35(31(37)25-9-4-3-5-10-25)34-30(39-32)24-16-18-27(33)19-17-24/h6-8,11-13,16-20,25,32H,3-5,9-10,14-15H2,1-2H3. The highest BCUT2D eigenvalue weighted by Gasteiger charge is 2.39. The number of hydrogen-bond acceptors (Lipinski definition) is 5. The SMILES string of the molecule is COc1c(CCc2cccc(C(C)=O)c2)cccc1C1SC(c2ccc(F)cc2)=NN1C(=O)C1CCCCC1. The molecule has 7 heteroatoms. The molecule has 0 bridgehead atoms. The van der Waals surface area contributed by atoms with Crippen LogP contribution in [0.1, 0.15) is 77.0 Å². The molecule has 1 atom stereocenters. The van der Waals surface area contributed by atoms with Crippen molar-refractivity contribution in [1.29, 1.82) is 0 Å². The van der Waals surface area contributed by atoms with Gasteiger partial charge in [0.25, 0.3) is 0 Å². The summed E-state index contributed by atoms with van der Waals surface area (Å²) in [4.78, 5) is 25.6. The van der Waals surface area contributed by atoms with Gasteiger partial charge in [-0.15, -0.1) is 0 Å². The molecule has 1 fully saturated rings. The zero-order chi connectivity index (χ0) is 27.4. The first-order valence-electron chi connectivity index (χ1n) is 13.5. The summed E-state index contributed by atoms with van der Waals surface area (Å²) in [5.74, 6) is 0.486. The molecule has 1 unspecified atom stereocenters. The van der Waals surface area contributed by atoms with Crippen molar-refractivity contribution in [2.45, 2.75) is 57.2 Å². The van der Waals surface area contributed by atoms with E-state index in [0.29, 0.717) is 10.6 Å². The normalized spacial score (nSPS) is 17.7. The number of benzene rings is 3. The van der Waals surface area contributed by atoms with Crippen molar-refractivity contribution in [2.75, 3.05) is 7.11 Å². The molecule has 5 rings (SSSR count). The van der Waals surface area contributed by atoms with Gasteiger partial charge in [0.05, 0.1) is 7.11 Å².